The first-order valence-electron chi connectivity index (χ1n) is 7.54. The molecule has 0 heterocycles. The second kappa shape index (κ2) is 8.61. The normalized spacial score (nSPS) is 11.8. The number of nitrogens with zero attached hydrogens (tertiary/aromatic N) is 1. The number of nitrogens with one attached hydrogen (secondary N) is 1. The van der Waals surface area contributed by atoms with Crippen molar-refractivity contribution in [3.63, 3.8) is 0 Å². The van der Waals surface area contributed by atoms with Gasteiger partial charge in [-0.25, -0.2) is 12.7 Å². The Balaban J connectivity index is 2.04. The molecule has 2 aromatic rings. The summed E-state index contributed by atoms with van der Waals surface area (Å²) in [5.74, 6) is -2.77. The van der Waals surface area contributed by atoms with Crippen molar-refractivity contribution < 1.29 is 22.0 Å². The van der Waals surface area contributed by atoms with Crippen LogP contribution in [0.1, 0.15) is 10.4 Å². The molecule has 0 radical (unpaired) electrons. The predicted octanol–water partition coefficient (Wildman–Crippen LogP) is 3.55. The van der Waals surface area contributed by atoms with E-state index in [0.717, 1.165) is 4.31 Å². The van der Waals surface area contributed by atoms with E-state index < -0.39 is 15.8 Å². The van der Waals surface area contributed by atoms with Crippen molar-refractivity contribution in [2.24, 2.45) is 0 Å². The first kappa shape index (κ1) is 20.3. The van der Waals surface area contributed by atoms with Crippen LogP contribution in [0.5, 0.6) is 0 Å². The maximum absolute atomic E-state index is 12.3. The zero-order valence-electron chi connectivity index (χ0n) is 14.1. The molecule has 0 amide bonds. The summed E-state index contributed by atoms with van der Waals surface area (Å²) in [5, 5.41) is 2.90. The van der Waals surface area contributed by atoms with E-state index in [2.05, 4.69) is 5.32 Å². The summed E-state index contributed by atoms with van der Waals surface area (Å²) < 4.78 is 49.9. The molecule has 0 aliphatic carbocycles. The van der Waals surface area contributed by atoms with Crippen molar-refractivity contribution in [3.05, 3.63) is 54.1 Å². The molecule has 0 fully saturated rings. The minimum atomic E-state index is -3.62. The minimum absolute atomic E-state index is 0.0433. The fourth-order valence-corrected chi connectivity index (χ4v) is 3.53. The van der Waals surface area contributed by atoms with Gasteiger partial charge in [-0.2, -0.15) is 8.78 Å². The average molecular weight is 400 g/mol. The van der Waals surface area contributed by atoms with Gasteiger partial charge in [-0.15, -0.1) is 0 Å². The van der Waals surface area contributed by atoms with Crippen LogP contribution in [0.4, 0.5) is 14.5 Å². The SMILES string of the molecule is CN(C)S(=O)(=O)c1cccc(C(=O)CNc2ccc(SC(F)F)cc2)c1. The number of sulfonamides is 1. The lowest BCUT2D eigenvalue weighted by atomic mass is 10.1. The van der Waals surface area contributed by atoms with E-state index in [1.165, 1.54) is 44.4 Å². The summed E-state index contributed by atoms with van der Waals surface area (Å²) in [5.41, 5.74) is 0.874. The van der Waals surface area contributed by atoms with Crippen molar-refractivity contribution >= 4 is 33.3 Å². The number of hydrogen-bond acceptors (Lipinski definition) is 5. The lowest BCUT2D eigenvalue weighted by Gasteiger charge is -2.12. The monoisotopic (exact) mass is 400 g/mol. The van der Waals surface area contributed by atoms with Gasteiger partial charge in [0.25, 0.3) is 5.76 Å². The quantitative estimate of drug-likeness (QED) is 0.542. The predicted molar refractivity (Wildman–Crippen MR) is 98.4 cm³/mol. The largest absolute Gasteiger partial charge is 0.378 e. The van der Waals surface area contributed by atoms with Crippen LogP contribution >= 0.6 is 11.8 Å². The van der Waals surface area contributed by atoms with Gasteiger partial charge in [0.2, 0.25) is 10.0 Å². The average Bonchev–Trinajstić information content (AvgIpc) is 2.60. The molecule has 140 valence electrons. The molecule has 0 unspecified atom stereocenters. The van der Waals surface area contributed by atoms with Gasteiger partial charge in [0.15, 0.2) is 5.78 Å². The third-order valence-electron chi connectivity index (χ3n) is 3.47. The summed E-state index contributed by atoms with van der Waals surface area (Å²) in [7, 11) is -0.782. The van der Waals surface area contributed by atoms with Crippen LogP contribution in [-0.2, 0) is 10.0 Å². The molecule has 0 aliphatic heterocycles. The number of halogens is 2. The molecule has 26 heavy (non-hydrogen) atoms. The number of thioether (sulfide) groups is 1. The number of Topliss-reactive ketones (excluding diaryl/α,β-unsaturated/α-hetero) is 1. The Morgan fingerprint density at radius 3 is 2.38 bits per heavy atom. The fourth-order valence-electron chi connectivity index (χ4n) is 2.08. The Hall–Kier alpha value is -1.97. The number of alkyl halides is 2. The number of ketones is 1. The summed E-state index contributed by atoms with van der Waals surface area (Å²) in [6.07, 6.45) is 0. The molecule has 1 N–H and O–H groups in total. The van der Waals surface area contributed by atoms with Crippen molar-refractivity contribution in [3.8, 4) is 0 Å². The first-order chi connectivity index (χ1) is 12.2. The van der Waals surface area contributed by atoms with Gasteiger partial charge in [0, 0.05) is 30.2 Å². The van der Waals surface area contributed by atoms with E-state index in [4.69, 9.17) is 0 Å². The third kappa shape index (κ3) is 5.26. The number of carbonyl (C=O) groups is 1. The molecular weight excluding hydrogens is 382 g/mol. The Morgan fingerprint density at radius 2 is 1.81 bits per heavy atom. The van der Waals surface area contributed by atoms with Gasteiger partial charge < -0.3 is 5.32 Å². The van der Waals surface area contributed by atoms with Crippen LogP contribution in [0, 0.1) is 0 Å². The highest BCUT2D eigenvalue weighted by atomic mass is 32.2. The summed E-state index contributed by atoms with van der Waals surface area (Å²) >= 11 is 0.446. The third-order valence-corrected chi connectivity index (χ3v) is 6.00. The smallest absolute Gasteiger partial charge is 0.288 e. The Morgan fingerprint density at radius 1 is 1.15 bits per heavy atom. The van der Waals surface area contributed by atoms with E-state index in [1.54, 1.807) is 18.2 Å². The molecule has 0 bridgehead atoms. The maximum Gasteiger partial charge on any atom is 0.288 e. The molecule has 2 rings (SSSR count). The minimum Gasteiger partial charge on any atom is -0.378 e. The van der Waals surface area contributed by atoms with Gasteiger partial charge >= 0.3 is 0 Å². The van der Waals surface area contributed by atoms with Crippen LogP contribution in [0.2, 0.25) is 0 Å². The molecule has 0 atom stereocenters. The number of rotatable bonds is 8. The lowest BCUT2D eigenvalue weighted by molar-refractivity contribution is 0.101. The number of benzene rings is 2. The molecule has 5 nitrogen and oxygen atoms in total. The van der Waals surface area contributed by atoms with Crippen molar-refractivity contribution in [1.82, 2.24) is 4.31 Å². The van der Waals surface area contributed by atoms with Gasteiger partial charge in [-0.1, -0.05) is 23.9 Å². The van der Waals surface area contributed by atoms with E-state index in [0.29, 0.717) is 22.3 Å². The number of hydrogen-bond donors (Lipinski definition) is 1. The summed E-state index contributed by atoms with van der Waals surface area (Å²) in [6, 6.07) is 12.1. The first-order valence-corrected chi connectivity index (χ1v) is 9.86. The number of carbonyl (C=O) groups excluding carboxylic acids is 1. The van der Waals surface area contributed by atoms with Crippen LogP contribution in [0.15, 0.2) is 58.3 Å². The molecule has 0 aliphatic rings. The van der Waals surface area contributed by atoms with E-state index in [1.807, 2.05) is 0 Å². The van der Waals surface area contributed by atoms with Crippen molar-refractivity contribution in [2.45, 2.75) is 15.5 Å². The fraction of sp³-hybridized carbons (Fsp3) is 0.235. The second-order valence-electron chi connectivity index (χ2n) is 5.49. The van der Waals surface area contributed by atoms with Gasteiger partial charge in [-0.3, -0.25) is 4.79 Å². The van der Waals surface area contributed by atoms with Crippen LogP contribution in [-0.4, -0.2) is 44.9 Å². The van der Waals surface area contributed by atoms with Gasteiger partial charge in [0.1, 0.15) is 0 Å². The summed E-state index contributed by atoms with van der Waals surface area (Å²) in [6.45, 7) is -0.0488. The second-order valence-corrected chi connectivity index (χ2v) is 8.71. The lowest BCUT2D eigenvalue weighted by Crippen LogP contribution is -2.22. The molecular formula is C17H18F2N2O3S2. The van der Waals surface area contributed by atoms with Crippen molar-refractivity contribution in [1.29, 1.82) is 0 Å². The molecule has 2 aromatic carbocycles. The molecule has 0 saturated carbocycles. The Bertz CT molecular complexity index is 870. The highest BCUT2D eigenvalue weighted by Crippen LogP contribution is 2.26. The maximum atomic E-state index is 12.3. The Labute approximate surface area is 155 Å². The highest BCUT2D eigenvalue weighted by Gasteiger charge is 2.18. The molecule has 0 aromatic heterocycles. The van der Waals surface area contributed by atoms with E-state index >= 15 is 0 Å². The van der Waals surface area contributed by atoms with Crippen LogP contribution in [0.25, 0.3) is 0 Å². The van der Waals surface area contributed by atoms with Gasteiger partial charge in [0.05, 0.1) is 11.4 Å². The molecule has 9 heteroatoms. The molecule has 0 spiro atoms. The highest BCUT2D eigenvalue weighted by molar-refractivity contribution is 7.99. The van der Waals surface area contributed by atoms with Crippen LogP contribution in [0.3, 0.4) is 0 Å². The Kier molecular flexibility index (Phi) is 6.74. The summed E-state index contributed by atoms with van der Waals surface area (Å²) in [4.78, 5) is 12.8. The zero-order valence-corrected chi connectivity index (χ0v) is 15.8. The van der Waals surface area contributed by atoms with Crippen molar-refractivity contribution in [2.75, 3.05) is 26.0 Å². The molecule has 0 saturated heterocycles. The zero-order chi connectivity index (χ0) is 19.3. The van der Waals surface area contributed by atoms with Crippen LogP contribution < -0.4 is 5.32 Å². The number of anilines is 1. The van der Waals surface area contributed by atoms with E-state index in [-0.39, 0.29) is 22.8 Å². The standard InChI is InChI=1S/C17H18F2N2O3S2/c1-21(2)26(23,24)15-5-3-4-12(10-15)16(22)11-20-13-6-8-14(9-7-13)25-17(18)19/h3-10,17,20H,11H2,1-2H3. The van der Waals surface area contributed by atoms with Gasteiger partial charge in [-0.05, 0) is 36.4 Å². The van der Waals surface area contributed by atoms with E-state index in [9.17, 15) is 22.0 Å². The topological polar surface area (TPSA) is 66.5 Å².